The fraction of sp³-hybridized carbons (Fsp3) is 0.667. The highest BCUT2D eigenvalue weighted by Gasteiger charge is 2.41. The molecule has 2 aromatic carbocycles. The first-order valence-electron chi connectivity index (χ1n) is 23.5. The standard InChI is InChI=1S/C24H42O7Si.C24H40O5Si.H7P5.H6P4/c1-23(2,3)32(7,8)31-20(15-22(26)29-6)13-14-24(4,27)21(25)17-30-16-18-9-11-19(28-5)12-10-18;1-19(15-16-28-18-20-10-13-21(26-5)14-11-20)9-12-22(17-23(25)27-6)29-30(7,8)24(2,3)4;1-4-5(2)3;1-4(2)3/h9-12,20-21,25,27H,13-17H2,1-8H3;10-11,13-15,22H,9,12,16-18H2,1-8H3;4H,1-3H2;1-3H2/b;19-15-;;/t20-,21-,24+;22-;;/m00../s1. The maximum Gasteiger partial charge on any atom is 0.308 e. The maximum absolute atomic E-state index is 11.9. The molecule has 2 aromatic rings. The van der Waals surface area contributed by atoms with Gasteiger partial charge in [0, 0.05) is 0 Å². The van der Waals surface area contributed by atoms with Crippen LogP contribution < -0.4 is 9.47 Å². The molecule has 0 radical (unpaired) electrons. The van der Waals surface area contributed by atoms with Crippen LogP contribution in [0.25, 0.3) is 0 Å². The molecule has 2 rings (SSSR count). The van der Waals surface area contributed by atoms with E-state index in [0.717, 1.165) is 43.4 Å². The van der Waals surface area contributed by atoms with Gasteiger partial charge in [-0.2, -0.15) is 0 Å². The Morgan fingerprint density at radius 1 is 0.690 bits per heavy atom. The molecule has 0 aliphatic carbocycles. The molecule has 0 heterocycles. The Balaban J connectivity index is 0. The normalized spacial score (nSPS) is 14.5. The number of aliphatic hydroxyl groups excluding tert-OH is 1. The van der Waals surface area contributed by atoms with Crippen molar-refractivity contribution in [3.05, 3.63) is 71.3 Å². The predicted octanol–water partition coefficient (Wildman–Crippen LogP) is 14.2. The third kappa shape index (κ3) is 35.8. The lowest BCUT2D eigenvalue weighted by Gasteiger charge is -2.40. The van der Waals surface area contributed by atoms with Crippen LogP contribution in [0.5, 0.6) is 11.5 Å². The van der Waals surface area contributed by atoms with Gasteiger partial charge in [0.05, 0.1) is 85.5 Å². The van der Waals surface area contributed by atoms with Crippen LogP contribution in [0.15, 0.2) is 60.2 Å². The molecule has 0 fully saturated rings. The highest BCUT2D eigenvalue weighted by atomic mass is 32.8. The summed E-state index contributed by atoms with van der Waals surface area (Å²) in [6.07, 6.45) is 3.26. The second kappa shape index (κ2) is 38.4. The van der Waals surface area contributed by atoms with Crippen LogP contribution >= 0.6 is 75.5 Å². The van der Waals surface area contributed by atoms with Crippen molar-refractivity contribution in [3.63, 3.8) is 0 Å². The lowest BCUT2D eigenvalue weighted by Crippen LogP contribution is -2.46. The van der Waals surface area contributed by atoms with E-state index < -0.39 is 28.3 Å². The Morgan fingerprint density at radius 3 is 1.39 bits per heavy atom. The summed E-state index contributed by atoms with van der Waals surface area (Å²) in [6, 6.07) is 15.3. The molecule has 0 spiro atoms. The van der Waals surface area contributed by atoms with E-state index in [1.807, 2.05) is 48.5 Å². The highest BCUT2D eigenvalue weighted by Crippen LogP contribution is 2.71. The molecule has 0 bridgehead atoms. The highest BCUT2D eigenvalue weighted by molar-refractivity contribution is 8.77. The van der Waals surface area contributed by atoms with Crippen molar-refractivity contribution in [2.45, 2.75) is 167 Å². The van der Waals surface area contributed by atoms with Crippen LogP contribution in [0.1, 0.15) is 105 Å². The maximum atomic E-state index is 11.9. The number of esters is 2. The smallest absolute Gasteiger partial charge is 0.308 e. The van der Waals surface area contributed by atoms with Gasteiger partial charge in [-0.25, -0.2) is 0 Å². The van der Waals surface area contributed by atoms with Crippen LogP contribution in [0.4, 0.5) is 0 Å². The van der Waals surface area contributed by atoms with Crippen molar-refractivity contribution in [2.75, 3.05) is 41.7 Å². The molecule has 0 aromatic heterocycles. The number of carbonyl (C=O) groups is 2. The number of allylic oxidation sites excluding steroid dienone is 1. The van der Waals surface area contributed by atoms with Crippen molar-refractivity contribution >= 4 is 104 Å². The lowest BCUT2D eigenvalue weighted by atomic mass is 9.91. The fourth-order valence-electron chi connectivity index (χ4n) is 5.53. The Bertz CT molecular complexity index is 1760. The van der Waals surface area contributed by atoms with Gasteiger partial charge in [0.2, 0.25) is 0 Å². The summed E-state index contributed by atoms with van der Waals surface area (Å²) in [5.41, 5.74) is 1.91. The van der Waals surface area contributed by atoms with Crippen molar-refractivity contribution in [1.82, 2.24) is 0 Å². The molecule has 0 aliphatic heterocycles. The van der Waals surface area contributed by atoms with Crippen LogP contribution in [0.2, 0.25) is 36.3 Å². The molecule has 23 heteroatoms. The van der Waals surface area contributed by atoms with E-state index in [0.29, 0.717) is 32.7 Å². The summed E-state index contributed by atoms with van der Waals surface area (Å²) in [4.78, 5) is 23.8. The summed E-state index contributed by atoms with van der Waals surface area (Å²) >= 11 is 0. The number of ether oxygens (including phenoxy) is 6. The lowest BCUT2D eigenvalue weighted by molar-refractivity contribution is -0.144. The second-order valence-electron chi connectivity index (χ2n) is 20.3. The summed E-state index contributed by atoms with van der Waals surface area (Å²) in [7, 11) is 19.2. The first-order chi connectivity index (χ1) is 32.7. The topological polar surface area (TPSA) is 148 Å². The monoisotopic (exact) mass is 1200 g/mol. The van der Waals surface area contributed by atoms with Gasteiger partial charge in [-0.3, -0.25) is 9.59 Å². The number of carbonyl (C=O) groups excluding carboxylic acids is 2. The minimum absolute atomic E-state index is 0.0101. The van der Waals surface area contributed by atoms with E-state index in [2.05, 4.69) is 134 Å². The Morgan fingerprint density at radius 2 is 1.06 bits per heavy atom. The first kappa shape index (κ1) is 73.9. The zero-order valence-electron chi connectivity index (χ0n) is 45.8. The average molecular weight is 1200 g/mol. The molecule has 0 saturated carbocycles. The van der Waals surface area contributed by atoms with Gasteiger partial charge in [-0.1, -0.05) is 85.4 Å². The summed E-state index contributed by atoms with van der Waals surface area (Å²) in [5.74, 6) is 1.04. The zero-order chi connectivity index (χ0) is 55.2. The van der Waals surface area contributed by atoms with Gasteiger partial charge in [-0.05, 0) is 125 Å². The molecule has 11 atom stereocenters. The van der Waals surface area contributed by atoms with E-state index in [-0.39, 0.29) is 67.6 Å². The van der Waals surface area contributed by atoms with Crippen LogP contribution in [0, 0.1) is 0 Å². The average Bonchev–Trinajstić information content (AvgIpc) is 3.28. The van der Waals surface area contributed by atoms with Crippen molar-refractivity contribution in [2.24, 2.45) is 0 Å². The van der Waals surface area contributed by atoms with E-state index >= 15 is 0 Å². The minimum atomic E-state index is -2.12. The quantitative estimate of drug-likeness (QED) is 0.0304. The largest absolute Gasteiger partial charge is 0.497 e. The van der Waals surface area contributed by atoms with E-state index in [9.17, 15) is 19.8 Å². The number of methoxy groups -OCH3 is 4. The molecule has 7 unspecified atom stereocenters. The van der Waals surface area contributed by atoms with Crippen molar-refractivity contribution < 1.29 is 57.1 Å². The molecule has 0 aliphatic rings. The van der Waals surface area contributed by atoms with E-state index in [1.165, 1.54) is 19.8 Å². The third-order valence-corrected chi connectivity index (χ3v) is 33.2. The molecule has 412 valence electrons. The zero-order valence-corrected chi connectivity index (χ0v) is 57.6. The minimum Gasteiger partial charge on any atom is -0.497 e. The first-order valence-corrected chi connectivity index (χ1v) is 43.7. The molecule has 71 heavy (non-hydrogen) atoms. The van der Waals surface area contributed by atoms with Gasteiger partial charge in [0.25, 0.3) is 0 Å². The van der Waals surface area contributed by atoms with Gasteiger partial charge >= 0.3 is 11.9 Å². The third-order valence-electron chi connectivity index (χ3n) is 12.2. The fourth-order valence-corrected chi connectivity index (χ4v) is 8.31. The number of hydrogen-bond acceptors (Lipinski definition) is 12. The van der Waals surface area contributed by atoms with Crippen molar-refractivity contribution in [1.29, 1.82) is 0 Å². The Hall–Kier alpha value is 0.784. The van der Waals surface area contributed by atoms with Crippen molar-refractivity contribution in [3.8, 4) is 11.5 Å². The summed E-state index contributed by atoms with van der Waals surface area (Å²) in [6.45, 7) is 27.2. The number of benzene rings is 2. The van der Waals surface area contributed by atoms with Gasteiger partial charge < -0.3 is 47.5 Å². The SMILES string of the molecule is COC(=O)C[C@H](CC/C(C)=C\COCc1ccc(OC)cc1)O[Si](C)(C)C(C)(C)C.COC(=O)C[C@H](CC[C@@](C)(O)[C@@H](O)COCc1ccc(OC)cc1)O[Si](C)(C)C(C)(C)C.PP(P)P.PPP(P)P. The van der Waals surface area contributed by atoms with Crippen LogP contribution in [-0.2, 0) is 50.6 Å². The van der Waals surface area contributed by atoms with Gasteiger partial charge in [0.15, 0.2) is 16.6 Å². The number of aliphatic hydroxyl groups is 2. The molecule has 2 N–H and O–H groups in total. The number of rotatable bonds is 26. The van der Waals surface area contributed by atoms with Crippen LogP contribution in [-0.4, -0.2) is 104 Å². The predicted molar refractivity (Wildman–Crippen MR) is 332 cm³/mol. The summed E-state index contributed by atoms with van der Waals surface area (Å²) in [5, 5.41) is 21.4. The van der Waals surface area contributed by atoms with Crippen LogP contribution in [0.3, 0.4) is 0 Å². The second-order valence-corrected chi connectivity index (χ2v) is 55.4. The summed E-state index contributed by atoms with van der Waals surface area (Å²) < 4.78 is 44.3. The van der Waals surface area contributed by atoms with E-state index in [1.54, 1.807) is 21.1 Å². The molecule has 0 saturated heterocycles. The molecule has 0 amide bonds. The van der Waals surface area contributed by atoms with Gasteiger partial charge in [0.1, 0.15) is 17.6 Å². The van der Waals surface area contributed by atoms with Gasteiger partial charge in [-0.15, -0.1) is 53.6 Å². The Labute approximate surface area is 450 Å². The Kier molecular flexibility index (Phi) is 39.9. The molecular weight excluding hydrogens is 1100 g/mol. The molecule has 12 nitrogen and oxygen atoms in total. The van der Waals surface area contributed by atoms with E-state index in [4.69, 9.17) is 37.3 Å². The molecular formula is C48H95O12P9Si2. The number of hydrogen-bond donors (Lipinski definition) is 2.